The van der Waals surface area contributed by atoms with Crippen LogP contribution in [0.2, 0.25) is 0 Å². The Morgan fingerprint density at radius 3 is 2.75 bits per heavy atom. The maximum absolute atomic E-state index is 10.9. The molecule has 2 unspecified atom stereocenters. The van der Waals surface area contributed by atoms with E-state index < -0.39 is 12.2 Å². The van der Waals surface area contributed by atoms with E-state index in [0.717, 1.165) is 5.56 Å². The fraction of sp³-hybridized carbons (Fsp3) is 0.412. The van der Waals surface area contributed by atoms with E-state index >= 15 is 0 Å². The van der Waals surface area contributed by atoms with Gasteiger partial charge in [-0.15, -0.1) is 0 Å². The number of carbonyl (C=O) groups excluding carboxylic acids is 1. The highest BCUT2D eigenvalue weighted by atomic mass is 16.5. The van der Waals surface area contributed by atoms with Crippen molar-refractivity contribution in [2.24, 2.45) is 0 Å². The third kappa shape index (κ3) is 8.17. The molecule has 130 valence electrons. The van der Waals surface area contributed by atoms with Crippen LogP contribution in [0.3, 0.4) is 0 Å². The first-order chi connectivity index (χ1) is 11.5. The molecule has 1 amide bonds. The highest BCUT2D eigenvalue weighted by Gasteiger charge is 2.07. The number of nitrogens with one attached hydrogen (secondary N) is 2. The van der Waals surface area contributed by atoms with E-state index in [1.54, 1.807) is 18.2 Å². The van der Waals surface area contributed by atoms with E-state index in [2.05, 4.69) is 21.4 Å². The second kappa shape index (κ2) is 11.0. The van der Waals surface area contributed by atoms with Gasteiger partial charge in [-0.1, -0.05) is 12.1 Å². The van der Waals surface area contributed by atoms with Crippen LogP contribution in [-0.4, -0.2) is 43.6 Å². The summed E-state index contributed by atoms with van der Waals surface area (Å²) in [6.45, 7) is 2.41. The largest absolute Gasteiger partial charge is 0.491 e. The van der Waals surface area contributed by atoms with Crippen LogP contribution in [0.4, 0.5) is 4.79 Å². The SMILES string of the molecule is COC(=O)NC=Cc1ccc(OCC(O)CNC(C)CC#N)cc1. The van der Waals surface area contributed by atoms with Crippen molar-refractivity contribution in [1.82, 2.24) is 10.6 Å². The summed E-state index contributed by atoms with van der Waals surface area (Å²) >= 11 is 0. The number of amides is 1. The van der Waals surface area contributed by atoms with E-state index in [1.807, 2.05) is 19.1 Å². The molecule has 0 aliphatic carbocycles. The number of hydrogen-bond donors (Lipinski definition) is 3. The first kappa shape index (κ1) is 19.5. The zero-order chi connectivity index (χ0) is 17.8. The summed E-state index contributed by atoms with van der Waals surface area (Å²) in [5, 5.41) is 23.9. The Morgan fingerprint density at radius 2 is 2.12 bits per heavy atom. The fourth-order valence-electron chi connectivity index (χ4n) is 1.74. The van der Waals surface area contributed by atoms with Gasteiger partial charge in [0.05, 0.1) is 19.6 Å². The lowest BCUT2D eigenvalue weighted by Crippen LogP contribution is -2.36. The maximum Gasteiger partial charge on any atom is 0.410 e. The van der Waals surface area contributed by atoms with E-state index in [-0.39, 0.29) is 12.6 Å². The first-order valence-electron chi connectivity index (χ1n) is 7.57. The lowest BCUT2D eigenvalue weighted by atomic mass is 10.2. The quantitative estimate of drug-likeness (QED) is 0.635. The van der Waals surface area contributed by atoms with Crippen molar-refractivity contribution in [2.75, 3.05) is 20.3 Å². The first-order valence-corrected chi connectivity index (χ1v) is 7.57. The third-order valence-corrected chi connectivity index (χ3v) is 3.08. The lowest BCUT2D eigenvalue weighted by molar-refractivity contribution is 0.104. The molecule has 0 aliphatic heterocycles. The number of alkyl carbamates (subject to hydrolysis) is 1. The number of ether oxygens (including phenoxy) is 2. The van der Waals surface area contributed by atoms with Crippen LogP contribution in [-0.2, 0) is 4.74 Å². The Labute approximate surface area is 141 Å². The van der Waals surface area contributed by atoms with Gasteiger partial charge in [0.15, 0.2) is 0 Å². The summed E-state index contributed by atoms with van der Waals surface area (Å²) in [7, 11) is 1.30. The smallest absolute Gasteiger partial charge is 0.410 e. The number of hydrogen-bond acceptors (Lipinski definition) is 6. The van der Waals surface area contributed by atoms with Crippen LogP contribution in [0.5, 0.6) is 5.75 Å². The Morgan fingerprint density at radius 1 is 1.42 bits per heavy atom. The molecule has 3 N–H and O–H groups in total. The molecular weight excluding hydrogens is 310 g/mol. The average molecular weight is 333 g/mol. The number of nitrogens with zero attached hydrogens (tertiary/aromatic N) is 1. The Hall–Kier alpha value is -2.56. The molecule has 0 radical (unpaired) electrons. The van der Waals surface area contributed by atoms with Gasteiger partial charge in [-0.3, -0.25) is 5.32 Å². The van der Waals surface area contributed by atoms with Crippen LogP contribution < -0.4 is 15.4 Å². The Kier molecular flexibility index (Phi) is 8.97. The number of rotatable bonds is 9. The molecule has 0 aromatic heterocycles. The molecular formula is C17H23N3O4. The molecule has 1 aromatic carbocycles. The molecule has 7 heteroatoms. The minimum Gasteiger partial charge on any atom is -0.491 e. The van der Waals surface area contributed by atoms with Crippen molar-refractivity contribution in [3.63, 3.8) is 0 Å². The number of benzene rings is 1. The average Bonchev–Trinajstić information content (AvgIpc) is 2.59. The second-order valence-corrected chi connectivity index (χ2v) is 5.17. The molecule has 24 heavy (non-hydrogen) atoms. The molecule has 0 heterocycles. The number of aliphatic hydroxyl groups is 1. The lowest BCUT2D eigenvalue weighted by Gasteiger charge is -2.15. The Bertz CT molecular complexity index is 566. The summed E-state index contributed by atoms with van der Waals surface area (Å²) in [6, 6.07) is 9.30. The summed E-state index contributed by atoms with van der Waals surface area (Å²) < 4.78 is 9.95. The molecule has 0 fully saturated rings. The van der Waals surface area contributed by atoms with Crippen molar-refractivity contribution < 1.29 is 19.4 Å². The zero-order valence-electron chi connectivity index (χ0n) is 13.9. The van der Waals surface area contributed by atoms with Crippen molar-refractivity contribution in [1.29, 1.82) is 5.26 Å². The maximum atomic E-state index is 10.9. The Balaban J connectivity index is 2.34. The second-order valence-electron chi connectivity index (χ2n) is 5.17. The van der Waals surface area contributed by atoms with Crippen LogP contribution in [0.25, 0.3) is 6.08 Å². The fourth-order valence-corrected chi connectivity index (χ4v) is 1.74. The summed E-state index contributed by atoms with van der Waals surface area (Å²) in [4.78, 5) is 10.9. The number of methoxy groups -OCH3 is 1. The van der Waals surface area contributed by atoms with Crippen LogP contribution in [0.15, 0.2) is 30.5 Å². The van der Waals surface area contributed by atoms with Gasteiger partial charge in [0.25, 0.3) is 0 Å². The predicted molar refractivity (Wildman–Crippen MR) is 90.2 cm³/mol. The molecule has 0 bridgehead atoms. The topological polar surface area (TPSA) is 104 Å². The van der Waals surface area contributed by atoms with Gasteiger partial charge in [-0.2, -0.15) is 5.26 Å². The summed E-state index contributed by atoms with van der Waals surface area (Å²) in [6.07, 6.45) is 2.41. The van der Waals surface area contributed by atoms with Gasteiger partial charge in [0.2, 0.25) is 0 Å². The molecule has 0 spiro atoms. The van der Waals surface area contributed by atoms with Crippen LogP contribution in [0, 0.1) is 11.3 Å². The molecule has 0 saturated heterocycles. The van der Waals surface area contributed by atoms with Crippen molar-refractivity contribution in [3.8, 4) is 11.8 Å². The normalized spacial score (nSPS) is 13.1. The van der Waals surface area contributed by atoms with Crippen molar-refractivity contribution in [2.45, 2.75) is 25.5 Å². The highest BCUT2D eigenvalue weighted by molar-refractivity contribution is 5.69. The molecule has 0 aliphatic rings. The molecule has 1 rings (SSSR count). The van der Waals surface area contributed by atoms with Crippen molar-refractivity contribution in [3.05, 3.63) is 36.0 Å². The monoisotopic (exact) mass is 333 g/mol. The van der Waals surface area contributed by atoms with Crippen molar-refractivity contribution >= 4 is 12.2 Å². The molecule has 0 saturated carbocycles. The van der Waals surface area contributed by atoms with Crippen LogP contribution in [0.1, 0.15) is 18.9 Å². The minimum atomic E-state index is -0.657. The van der Waals surface area contributed by atoms with Gasteiger partial charge in [0, 0.05) is 18.8 Å². The molecule has 7 nitrogen and oxygen atoms in total. The number of nitriles is 1. The molecule has 2 atom stereocenters. The third-order valence-electron chi connectivity index (χ3n) is 3.08. The van der Waals surface area contributed by atoms with Gasteiger partial charge in [0.1, 0.15) is 18.5 Å². The number of aliphatic hydroxyl groups excluding tert-OH is 1. The summed E-state index contributed by atoms with van der Waals surface area (Å²) in [5.74, 6) is 0.636. The predicted octanol–water partition coefficient (Wildman–Crippen LogP) is 1.64. The highest BCUT2D eigenvalue weighted by Crippen LogP contribution is 2.13. The van der Waals surface area contributed by atoms with E-state index in [4.69, 9.17) is 10.00 Å². The number of carbonyl (C=O) groups is 1. The van der Waals surface area contributed by atoms with Gasteiger partial charge in [-0.25, -0.2) is 4.79 Å². The van der Waals surface area contributed by atoms with E-state index in [0.29, 0.717) is 18.7 Å². The molecule has 1 aromatic rings. The summed E-state index contributed by atoms with van der Waals surface area (Å²) in [5.41, 5.74) is 0.881. The van der Waals surface area contributed by atoms with Gasteiger partial charge >= 0.3 is 6.09 Å². The minimum absolute atomic E-state index is 0.0364. The standard InChI is InChI=1S/C17H23N3O4/c1-13(7-9-18)20-11-15(21)12-24-16-5-3-14(4-6-16)8-10-19-17(22)23-2/h3-6,8,10,13,15,20-21H,7,11-12H2,1-2H3,(H,19,22). The van der Waals surface area contributed by atoms with Gasteiger partial charge in [-0.05, 0) is 30.7 Å². The zero-order valence-corrected chi connectivity index (χ0v) is 13.9. The van der Waals surface area contributed by atoms with E-state index in [9.17, 15) is 9.90 Å². The van der Waals surface area contributed by atoms with E-state index in [1.165, 1.54) is 13.3 Å². The van der Waals surface area contributed by atoms with Gasteiger partial charge < -0.3 is 19.9 Å². The van der Waals surface area contributed by atoms with Crippen LogP contribution >= 0.6 is 0 Å².